The lowest BCUT2D eigenvalue weighted by atomic mass is 9.99. The molecule has 10 heteroatoms. The minimum absolute atomic E-state index is 0.121. The Morgan fingerprint density at radius 3 is 2.52 bits per heavy atom. The molecule has 0 spiro atoms. The number of aliphatic imine (C=N–C) groups is 1. The quantitative estimate of drug-likeness (QED) is 0.412. The summed E-state index contributed by atoms with van der Waals surface area (Å²) in [6.45, 7) is 0. The van der Waals surface area contributed by atoms with Crippen LogP contribution in [0, 0.1) is 5.82 Å². The van der Waals surface area contributed by atoms with Gasteiger partial charge >= 0.3 is 6.18 Å². The standard InChI is InChI=1S/C23H17F4N5O/c1-33-19-16(24)11-10-14-18(19)32(22-13-7-3-5-9-17(13)30-31-22)21(29-20(14)28)12-6-2-4-8-15(12)23(25,26)27/h2-11,20H,28H2,1H3,(H,30,31). The number of benzene rings is 3. The Morgan fingerprint density at radius 1 is 1.03 bits per heavy atom. The minimum atomic E-state index is -4.66. The van der Waals surface area contributed by atoms with Gasteiger partial charge in [-0.1, -0.05) is 36.4 Å². The molecule has 0 amide bonds. The van der Waals surface area contributed by atoms with Gasteiger partial charge in [0, 0.05) is 16.5 Å². The van der Waals surface area contributed by atoms with Gasteiger partial charge in [0.25, 0.3) is 0 Å². The van der Waals surface area contributed by atoms with Crippen LogP contribution < -0.4 is 15.4 Å². The van der Waals surface area contributed by atoms with Crippen LogP contribution in [-0.4, -0.2) is 23.1 Å². The van der Waals surface area contributed by atoms with Crippen molar-refractivity contribution in [2.75, 3.05) is 12.0 Å². The zero-order valence-electron chi connectivity index (χ0n) is 17.2. The molecule has 0 radical (unpaired) electrons. The molecule has 3 N–H and O–H groups in total. The average Bonchev–Trinajstić information content (AvgIpc) is 3.22. The monoisotopic (exact) mass is 455 g/mol. The Balaban J connectivity index is 1.86. The van der Waals surface area contributed by atoms with Gasteiger partial charge in [0.05, 0.1) is 18.2 Å². The van der Waals surface area contributed by atoms with Crippen molar-refractivity contribution in [1.29, 1.82) is 0 Å². The largest absolute Gasteiger partial charge is 0.492 e. The maximum absolute atomic E-state index is 14.8. The molecular weight excluding hydrogens is 438 g/mol. The van der Waals surface area contributed by atoms with E-state index >= 15 is 0 Å². The molecule has 1 aliphatic heterocycles. The van der Waals surface area contributed by atoms with Gasteiger partial charge in [-0.3, -0.25) is 10.00 Å². The molecule has 33 heavy (non-hydrogen) atoms. The normalized spacial score (nSPS) is 16.0. The van der Waals surface area contributed by atoms with E-state index in [0.29, 0.717) is 16.5 Å². The lowest BCUT2D eigenvalue weighted by Gasteiger charge is -2.34. The predicted octanol–water partition coefficient (Wildman–Crippen LogP) is 5.29. The number of ether oxygens (including phenoxy) is 1. The Hall–Kier alpha value is -3.92. The second kappa shape index (κ2) is 7.59. The van der Waals surface area contributed by atoms with Crippen molar-refractivity contribution in [3.05, 3.63) is 83.2 Å². The number of halogens is 4. The third-order valence-electron chi connectivity index (χ3n) is 5.47. The molecule has 0 fully saturated rings. The summed E-state index contributed by atoms with van der Waals surface area (Å²) in [5, 5.41) is 7.80. The highest BCUT2D eigenvalue weighted by molar-refractivity contribution is 6.19. The van der Waals surface area contributed by atoms with Crippen molar-refractivity contribution in [3.8, 4) is 5.75 Å². The van der Waals surface area contributed by atoms with Crippen molar-refractivity contribution >= 4 is 28.2 Å². The van der Waals surface area contributed by atoms with E-state index in [0.717, 1.165) is 6.07 Å². The summed E-state index contributed by atoms with van der Waals surface area (Å²) >= 11 is 0. The number of nitrogens with zero attached hydrogens (tertiary/aromatic N) is 3. The maximum atomic E-state index is 14.8. The van der Waals surface area contributed by atoms with Gasteiger partial charge in [0.2, 0.25) is 0 Å². The average molecular weight is 455 g/mol. The van der Waals surface area contributed by atoms with Crippen molar-refractivity contribution in [2.45, 2.75) is 12.3 Å². The topological polar surface area (TPSA) is 79.5 Å². The summed E-state index contributed by atoms with van der Waals surface area (Å²) in [7, 11) is 1.28. The molecule has 168 valence electrons. The number of aromatic amines is 1. The highest BCUT2D eigenvalue weighted by Crippen LogP contribution is 2.47. The van der Waals surface area contributed by atoms with Gasteiger partial charge in [-0.2, -0.15) is 18.3 Å². The fraction of sp³-hybridized carbons (Fsp3) is 0.130. The van der Waals surface area contributed by atoms with Crippen LogP contribution >= 0.6 is 0 Å². The Morgan fingerprint density at radius 2 is 1.76 bits per heavy atom. The summed E-state index contributed by atoms with van der Waals surface area (Å²) in [5.41, 5.74) is 6.28. The van der Waals surface area contributed by atoms with E-state index in [1.165, 1.54) is 42.3 Å². The molecule has 1 unspecified atom stereocenters. The summed E-state index contributed by atoms with van der Waals surface area (Å²) in [6, 6.07) is 14.7. The van der Waals surface area contributed by atoms with Gasteiger partial charge in [0.15, 0.2) is 17.4 Å². The fourth-order valence-electron chi connectivity index (χ4n) is 4.03. The number of rotatable bonds is 3. The second-order valence-corrected chi connectivity index (χ2v) is 7.39. The number of para-hydroxylation sites is 1. The molecule has 0 saturated carbocycles. The molecule has 0 bridgehead atoms. The van der Waals surface area contributed by atoms with Crippen molar-refractivity contribution in [3.63, 3.8) is 0 Å². The Kier molecular flexibility index (Phi) is 4.82. The number of nitrogens with one attached hydrogen (secondary N) is 1. The highest BCUT2D eigenvalue weighted by atomic mass is 19.4. The number of methoxy groups -OCH3 is 1. The van der Waals surface area contributed by atoms with Crippen LogP contribution in [0.25, 0.3) is 10.9 Å². The van der Waals surface area contributed by atoms with Crippen LogP contribution in [0.2, 0.25) is 0 Å². The number of hydrogen-bond donors (Lipinski definition) is 2. The van der Waals surface area contributed by atoms with Gasteiger partial charge in [-0.15, -0.1) is 0 Å². The van der Waals surface area contributed by atoms with Gasteiger partial charge in [-0.25, -0.2) is 9.38 Å². The summed E-state index contributed by atoms with van der Waals surface area (Å²) in [4.78, 5) is 5.77. The third kappa shape index (κ3) is 3.30. The number of hydrogen-bond acceptors (Lipinski definition) is 5. The lowest BCUT2D eigenvalue weighted by Crippen LogP contribution is -2.36. The first-order valence-corrected chi connectivity index (χ1v) is 9.91. The molecule has 5 rings (SSSR count). The second-order valence-electron chi connectivity index (χ2n) is 7.39. The summed E-state index contributed by atoms with van der Waals surface area (Å²) in [6.07, 6.45) is -5.71. The van der Waals surface area contributed by atoms with Crippen LogP contribution in [-0.2, 0) is 6.18 Å². The van der Waals surface area contributed by atoms with E-state index in [1.54, 1.807) is 24.3 Å². The lowest BCUT2D eigenvalue weighted by molar-refractivity contribution is -0.137. The first kappa shape index (κ1) is 21.0. The third-order valence-corrected chi connectivity index (χ3v) is 5.47. The fourth-order valence-corrected chi connectivity index (χ4v) is 4.03. The maximum Gasteiger partial charge on any atom is 0.417 e. The first-order chi connectivity index (χ1) is 15.8. The number of anilines is 2. The molecule has 0 saturated heterocycles. The molecule has 3 aromatic carbocycles. The van der Waals surface area contributed by atoms with Crippen molar-refractivity contribution in [2.24, 2.45) is 10.7 Å². The van der Waals surface area contributed by atoms with E-state index in [9.17, 15) is 17.6 Å². The van der Waals surface area contributed by atoms with Crippen molar-refractivity contribution in [1.82, 2.24) is 10.2 Å². The number of fused-ring (bicyclic) bond motifs is 2. The van der Waals surface area contributed by atoms with Crippen LogP contribution in [0.5, 0.6) is 5.75 Å². The Labute approximate surface area is 185 Å². The van der Waals surface area contributed by atoms with E-state index in [-0.39, 0.29) is 28.7 Å². The first-order valence-electron chi connectivity index (χ1n) is 9.91. The van der Waals surface area contributed by atoms with E-state index in [4.69, 9.17) is 10.5 Å². The number of nitrogens with two attached hydrogens (primary N) is 1. The van der Waals surface area contributed by atoms with E-state index < -0.39 is 23.7 Å². The minimum Gasteiger partial charge on any atom is -0.492 e. The molecule has 4 aromatic rings. The van der Waals surface area contributed by atoms with Crippen LogP contribution in [0.4, 0.5) is 29.1 Å². The van der Waals surface area contributed by atoms with Crippen LogP contribution in [0.1, 0.15) is 22.9 Å². The molecule has 2 heterocycles. The molecule has 6 nitrogen and oxygen atoms in total. The molecule has 1 aromatic heterocycles. The molecule has 0 aliphatic carbocycles. The molecule has 1 atom stereocenters. The summed E-state index contributed by atoms with van der Waals surface area (Å²) < 4.78 is 61.9. The SMILES string of the molecule is COc1c(F)ccc2c1N(c1n[nH]c3ccccc13)C(c1ccccc1C(F)(F)F)=NC2N. The van der Waals surface area contributed by atoms with Gasteiger partial charge in [-0.05, 0) is 24.3 Å². The number of aromatic nitrogens is 2. The molecule has 1 aliphatic rings. The number of H-pyrrole nitrogens is 1. The van der Waals surface area contributed by atoms with Gasteiger partial charge in [0.1, 0.15) is 17.7 Å². The van der Waals surface area contributed by atoms with Crippen LogP contribution in [0.15, 0.2) is 65.7 Å². The zero-order chi connectivity index (χ0) is 23.3. The Bertz CT molecular complexity index is 1400. The van der Waals surface area contributed by atoms with E-state index in [2.05, 4.69) is 15.2 Å². The smallest absolute Gasteiger partial charge is 0.417 e. The highest BCUT2D eigenvalue weighted by Gasteiger charge is 2.40. The molecular formula is C23H17F4N5O. The predicted molar refractivity (Wildman–Crippen MR) is 116 cm³/mol. The van der Waals surface area contributed by atoms with E-state index in [1.807, 2.05) is 0 Å². The van der Waals surface area contributed by atoms with Crippen LogP contribution in [0.3, 0.4) is 0 Å². The van der Waals surface area contributed by atoms with Crippen molar-refractivity contribution < 1.29 is 22.3 Å². The summed E-state index contributed by atoms with van der Waals surface area (Å²) in [5.74, 6) is -0.756. The zero-order valence-corrected chi connectivity index (χ0v) is 17.2. The van der Waals surface area contributed by atoms with Gasteiger partial charge < -0.3 is 10.5 Å². The number of amidine groups is 1. The number of alkyl halides is 3.